The third-order valence-corrected chi connectivity index (χ3v) is 2.33. The molecule has 0 N–H and O–H groups in total. The van der Waals surface area contributed by atoms with E-state index in [4.69, 9.17) is 4.42 Å². The lowest BCUT2D eigenvalue weighted by Gasteiger charge is -2.03. The molecule has 0 fully saturated rings. The van der Waals surface area contributed by atoms with E-state index in [-0.39, 0.29) is 0 Å². The summed E-state index contributed by atoms with van der Waals surface area (Å²) in [5.74, 6) is 2.07. The van der Waals surface area contributed by atoms with E-state index in [1.54, 1.807) is 0 Å². The number of hydrogen-bond donors (Lipinski definition) is 0. The summed E-state index contributed by atoms with van der Waals surface area (Å²) < 4.78 is 5.62. The van der Waals surface area contributed by atoms with Crippen LogP contribution in [0.1, 0.15) is 31.4 Å². The van der Waals surface area contributed by atoms with Crippen LogP contribution in [0.5, 0.6) is 0 Å². The average Bonchev–Trinajstić information content (AvgIpc) is 2.62. The van der Waals surface area contributed by atoms with Crippen molar-refractivity contribution in [1.29, 1.82) is 0 Å². The van der Waals surface area contributed by atoms with Crippen LogP contribution in [0.15, 0.2) is 34.7 Å². The van der Waals surface area contributed by atoms with Gasteiger partial charge in [0.05, 0.1) is 0 Å². The molecular weight excluding hydrogens is 186 g/mol. The molecule has 0 bridgehead atoms. The van der Waals surface area contributed by atoms with Gasteiger partial charge in [-0.3, -0.25) is 0 Å². The monoisotopic (exact) mass is 201 g/mol. The van der Waals surface area contributed by atoms with Gasteiger partial charge >= 0.3 is 0 Å². The molecule has 1 aromatic heterocycles. The van der Waals surface area contributed by atoms with Crippen LogP contribution in [0.25, 0.3) is 11.3 Å². The summed E-state index contributed by atoms with van der Waals surface area (Å²) in [5.41, 5.74) is 2.10. The van der Waals surface area contributed by atoms with Crippen molar-refractivity contribution < 1.29 is 4.42 Å². The minimum absolute atomic E-state index is 0.362. The second kappa shape index (κ2) is 3.89. The summed E-state index contributed by atoms with van der Waals surface area (Å²) in [6, 6.07) is 10.2. The van der Waals surface area contributed by atoms with E-state index in [9.17, 15) is 0 Å². The number of rotatable bonds is 2. The van der Waals surface area contributed by atoms with Gasteiger partial charge in [0, 0.05) is 18.4 Å². The second-order valence-corrected chi connectivity index (χ2v) is 3.97. The summed E-state index contributed by atoms with van der Waals surface area (Å²) in [4.78, 5) is 4.44. The summed E-state index contributed by atoms with van der Waals surface area (Å²) >= 11 is 0. The Morgan fingerprint density at radius 1 is 1.13 bits per heavy atom. The van der Waals surface area contributed by atoms with Gasteiger partial charge in [-0.25, -0.2) is 4.98 Å². The molecule has 0 saturated heterocycles. The first-order chi connectivity index (χ1) is 7.18. The predicted octanol–water partition coefficient (Wildman–Crippen LogP) is 3.77. The highest BCUT2D eigenvalue weighted by Crippen LogP contribution is 2.28. The molecule has 0 aliphatic heterocycles. The maximum Gasteiger partial charge on any atom is 0.191 e. The van der Waals surface area contributed by atoms with Gasteiger partial charge in [-0.1, -0.05) is 44.2 Å². The Kier molecular flexibility index (Phi) is 2.58. The van der Waals surface area contributed by atoms with Crippen LogP contribution in [0.3, 0.4) is 0 Å². The summed E-state index contributed by atoms with van der Waals surface area (Å²) in [7, 11) is 0. The highest BCUT2D eigenvalue weighted by Gasteiger charge is 2.15. The fourth-order valence-electron chi connectivity index (χ4n) is 1.64. The van der Waals surface area contributed by atoms with Crippen LogP contribution in [-0.2, 0) is 0 Å². The molecule has 15 heavy (non-hydrogen) atoms. The molecule has 0 amide bonds. The van der Waals surface area contributed by atoms with E-state index in [2.05, 4.69) is 31.0 Å². The lowest BCUT2D eigenvalue weighted by atomic mass is 10.0. The average molecular weight is 201 g/mol. The van der Waals surface area contributed by atoms with Crippen LogP contribution in [0, 0.1) is 6.92 Å². The van der Waals surface area contributed by atoms with Crippen LogP contribution in [-0.4, -0.2) is 4.98 Å². The molecule has 1 heterocycles. The zero-order valence-corrected chi connectivity index (χ0v) is 9.32. The molecule has 78 valence electrons. The maximum absolute atomic E-state index is 5.62. The Bertz CT molecular complexity index is 443. The van der Waals surface area contributed by atoms with Gasteiger partial charge in [0.25, 0.3) is 0 Å². The first kappa shape index (κ1) is 9.97. The molecule has 2 aromatic rings. The molecule has 1 aromatic carbocycles. The standard InChI is InChI=1S/C13H15NO/c1-9(2)13-12(14-10(3)15-13)11-7-5-4-6-8-11/h4-9H,1-3H3. The van der Waals surface area contributed by atoms with Gasteiger partial charge in [-0.2, -0.15) is 0 Å². The van der Waals surface area contributed by atoms with Crippen LogP contribution >= 0.6 is 0 Å². The summed E-state index contributed by atoms with van der Waals surface area (Å²) in [6.45, 7) is 6.12. The van der Waals surface area contributed by atoms with Crippen LogP contribution in [0.2, 0.25) is 0 Å². The molecule has 0 saturated carbocycles. The molecule has 0 aliphatic carbocycles. The second-order valence-electron chi connectivity index (χ2n) is 3.97. The minimum Gasteiger partial charge on any atom is -0.445 e. The van der Waals surface area contributed by atoms with Crippen molar-refractivity contribution in [3.63, 3.8) is 0 Å². The third kappa shape index (κ3) is 1.94. The van der Waals surface area contributed by atoms with Crippen molar-refractivity contribution in [3.05, 3.63) is 42.0 Å². The fraction of sp³-hybridized carbons (Fsp3) is 0.308. The van der Waals surface area contributed by atoms with Gasteiger partial charge in [-0.15, -0.1) is 0 Å². The molecule has 2 rings (SSSR count). The van der Waals surface area contributed by atoms with Crippen molar-refractivity contribution in [1.82, 2.24) is 4.98 Å². The highest BCUT2D eigenvalue weighted by molar-refractivity contribution is 5.61. The SMILES string of the molecule is Cc1nc(-c2ccccc2)c(C(C)C)o1. The number of benzene rings is 1. The molecule has 0 aliphatic rings. The van der Waals surface area contributed by atoms with E-state index in [1.165, 1.54) is 0 Å². The smallest absolute Gasteiger partial charge is 0.191 e. The van der Waals surface area contributed by atoms with E-state index >= 15 is 0 Å². The maximum atomic E-state index is 5.62. The van der Waals surface area contributed by atoms with Crippen molar-refractivity contribution in [2.24, 2.45) is 0 Å². The van der Waals surface area contributed by atoms with Crippen LogP contribution < -0.4 is 0 Å². The first-order valence-electron chi connectivity index (χ1n) is 5.21. The Morgan fingerprint density at radius 2 is 1.80 bits per heavy atom. The number of hydrogen-bond acceptors (Lipinski definition) is 2. The van der Waals surface area contributed by atoms with E-state index < -0.39 is 0 Å². The lowest BCUT2D eigenvalue weighted by Crippen LogP contribution is -1.88. The quantitative estimate of drug-likeness (QED) is 0.739. The largest absolute Gasteiger partial charge is 0.445 e. The minimum atomic E-state index is 0.362. The van der Waals surface area contributed by atoms with E-state index in [0.29, 0.717) is 5.92 Å². The normalized spacial score (nSPS) is 10.9. The van der Waals surface area contributed by atoms with Gasteiger partial charge in [0.1, 0.15) is 11.5 Å². The molecular formula is C13H15NO. The Balaban J connectivity index is 2.53. The topological polar surface area (TPSA) is 26.0 Å². The van der Waals surface area contributed by atoms with Crippen molar-refractivity contribution >= 4 is 0 Å². The van der Waals surface area contributed by atoms with Gasteiger partial charge < -0.3 is 4.42 Å². The predicted molar refractivity (Wildman–Crippen MR) is 60.8 cm³/mol. The van der Waals surface area contributed by atoms with E-state index in [1.807, 2.05) is 25.1 Å². The zero-order valence-electron chi connectivity index (χ0n) is 9.32. The van der Waals surface area contributed by atoms with Crippen molar-refractivity contribution in [2.75, 3.05) is 0 Å². The number of aromatic nitrogens is 1. The first-order valence-corrected chi connectivity index (χ1v) is 5.21. The summed E-state index contributed by atoms with van der Waals surface area (Å²) in [5, 5.41) is 0. The zero-order chi connectivity index (χ0) is 10.8. The fourth-order valence-corrected chi connectivity index (χ4v) is 1.64. The molecule has 2 nitrogen and oxygen atoms in total. The number of nitrogens with zero attached hydrogens (tertiary/aromatic N) is 1. The Labute approximate surface area is 90.0 Å². The number of aryl methyl sites for hydroxylation is 1. The van der Waals surface area contributed by atoms with Crippen LogP contribution in [0.4, 0.5) is 0 Å². The molecule has 0 atom stereocenters. The van der Waals surface area contributed by atoms with Gasteiger partial charge in [-0.05, 0) is 0 Å². The summed E-state index contributed by atoms with van der Waals surface area (Å²) in [6.07, 6.45) is 0. The number of oxazole rings is 1. The van der Waals surface area contributed by atoms with Gasteiger partial charge in [0.15, 0.2) is 5.89 Å². The van der Waals surface area contributed by atoms with Crippen molar-refractivity contribution in [2.45, 2.75) is 26.7 Å². The van der Waals surface area contributed by atoms with E-state index in [0.717, 1.165) is 22.9 Å². The highest BCUT2D eigenvalue weighted by atomic mass is 16.4. The third-order valence-electron chi connectivity index (χ3n) is 2.33. The molecule has 0 unspecified atom stereocenters. The molecule has 0 radical (unpaired) electrons. The molecule has 0 spiro atoms. The molecule has 2 heteroatoms. The Morgan fingerprint density at radius 3 is 2.40 bits per heavy atom. The van der Waals surface area contributed by atoms with Crippen molar-refractivity contribution in [3.8, 4) is 11.3 Å². The Hall–Kier alpha value is -1.57. The van der Waals surface area contributed by atoms with Gasteiger partial charge in [0.2, 0.25) is 0 Å². The lowest BCUT2D eigenvalue weighted by molar-refractivity contribution is 0.457.